The van der Waals surface area contributed by atoms with Crippen LogP contribution in [-0.4, -0.2) is 17.8 Å². The number of ether oxygens (including phenoxy) is 1. The van der Waals surface area contributed by atoms with Gasteiger partial charge in [-0.2, -0.15) is 0 Å². The van der Waals surface area contributed by atoms with Crippen molar-refractivity contribution in [2.75, 3.05) is 4.90 Å². The Kier molecular flexibility index (Phi) is 5.10. The van der Waals surface area contributed by atoms with Crippen molar-refractivity contribution in [1.82, 2.24) is 0 Å². The van der Waals surface area contributed by atoms with Crippen molar-refractivity contribution in [1.29, 1.82) is 0 Å². The second-order valence-electron chi connectivity index (χ2n) is 6.77. The first-order chi connectivity index (χ1) is 14.4. The number of hydrogen-bond donors (Lipinski definition) is 0. The molecule has 1 aliphatic heterocycles. The Bertz CT molecular complexity index is 1190. The lowest BCUT2D eigenvalue weighted by Gasteiger charge is -2.16. The van der Waals surface area contributed by atoms with Crippen LogP contribution in [-0.2, 0) is 11.3 Å². The molecule has 0 fully saturated rings. The molecule has 0 aliphatic carbocycles. The highest BCUT2D eigenvalue weighted by Gasteiger charge is 2.37. The maximum absolute atomic E-state index is 13.9. The van der Waals surface area contributed by atoms with Crippen molar-refractivity contribution in [3.05, 3.63) is 99.3 Å². The van der Waals surface area contributed by atoms with Gasteiger partial charge >= 0.3 is 5.97 Å². The normalized spacial score (nSPS) is 12.8. The van der Waals surface area contributed by atoms with Gasteiger partial charge in [-0.3, -0.25) is 9.59 Å². The third kappa shape index (κ3) is 3.35. The second kappa shape index (κ2) is 7.72. The van der Waals surface area contributed by atoms with Crippen LogP contribution in [0, 0.1) is 12.7 Å². The van der Waals surface area contributed by atoms with Gasteiger partial charge in [0.1, 0.15) is 12.4 Å². The number of hydrogen-bond acceptors (Lipinski definition) is 4. The summed E-state index contributed by atoms with van der Waals surface area (Å²) in [5, 5.41) is 0.145. The largest absolute Gasteiger partial charge is 0.457 e. The summed E-state index contributed by atoms with van der Waals surface area (Å²) in [6.45, 7) is 1.44. The van der Waals surface area contributed by atoms with Gasteiger partial charge in [0, 0.05) is 5.56 Å². The van der Waals surface area contributed by atoms with Crippen molar-refractivity contribution in [2.24, 2.45) is 0 Å². The molecule has 1 aliphatic rings. The van der Waals surface area contributed by atoms with E-state index in [4.69, 9.17) is 16.3 Å². The number of anilines is 1. The van der Waals surface area contributed by atoms with Crippen molar-refractivity contribution in [3.8, 4) is 0 Å². The molecule has 3 aromatic carbocycles. The third-order valence-electron chi connectivity index (χ3n) is 4.89. The van der Waals surface area contributed by atoms with Gasteiger partial charge in [-0.25, -0.2) is 14.1 Å². The Morgan fingerprint density at radius 1 is 1.00 bits per heavy atom. The van der Waals surface area contributed by atoms with E-state index in [0.717, 1.165) is 10.5 Å². The highest BCUT2D eigenvalue weighted by atomic mass is 35.5. The molecular formula is C23H15ClFNO4. The summed E-state index contributed by atoms with van der Waals surface area (Å²) in [6, 6.07) is 15.3. The molecule has 3 aromatic rings. The molecule has 0 N–H and O–H groups in total. The van der Waals surface area contributed by atoms with Crippen molar-refractivity contribution in [2.45, 2.75) is 13.5 Å². The van der Waals surface area contributed by atoms with Crippen LogP contribution in [0.15, 0.2) is 60.7 Å². The molecule has 0 spiro atoms. The van der Waals surface area contributed by atoms with Gasteiger partial charge in [0.15, 0.2) is 0 Å². The molecule has 1 heterocycles. The Hall–Kier alpha value is -3.51. The summed E-state index contributed by atoms with van der Waals surface area (Å²) in [7, 11) is 0. The SMILES string of the molecule is Cc1ccccc1N1C(=O)c2ccc(C(=O)OCc3c(F)cccc3Cl)cc2C1=O. The summed E-state index contributed by atoms with van der Waals surface area (Å²) in [5.41, 5.74) is 1.72. The van der Waals surface area contributed by atoms with Crippen LogP contribution in [0.1, 0.15) is 42.2 Å². The summed E-state index contributed by atoms with van der Waals surface area (Å²) >= 11 is 5.94. The monoisotopic (exact) mass is 423 g/mol. The summed E-state index contributed by atoms with van der Waals surface area (Å²) < 4.78 is 19.0. The van der Waals surface area contributed by atoms with E-state index in [1.54, 1.807) is 25.1 Å². The van der Waals surface area contributed by atoms with Gasteiger partial charge < -0.3 is 4.74 Å². The molecule has 0 saturated heterocycles. The number of imide groups is 1. The predicted octanol–water partition coefficient (Wildman–Crippen LogP) is 4.95. The number of carbonyl (C=O) groups is 3. The lowest BCUT2D eigenvalue weighted by molar-refractivity contribution is 0.0469. The average Bonchev–Trinajstić information content (AvgIpc) is 2.98. The zero-order valence-corrected chi connectivity index (χ0v) is 16.6. The number of aryl methyl sites for hydroxylation is 1. The number of benzene rings is 3. The fourth-order valence-corrected chi connectivity index (χ4v) is 3.51. The first kappa shape index (κ1) is 19.8. The molecule has 7 heteroatoms. The minimum atomic E-state index is -0.758. The minimum absolute atomic E-state index is 0.0608. The van der Waals surface area contributed by atoms with Gasteiger partial charge in [0.25, 0.3) is 11.8 Å². The summed E-state index contributed by atoms with van der Waals surface area (Å²) in [4.78, 5) is 39.2. The average molecular weight is 424 g/mol. The quantitative estimate of drug-likeness (QED) is 0.440. The van der Waals surface area contributed by atoms with Crippen LogP contribution in [0.25, 0.3) is 0 Å². The van der Waals surface area contributed by atoms with Crippen LogP contribution >= 0.6 is 11.6 Å². The van der Waals surface area contributed by atoms with E-state index >= 15 is 0 Å². The fourth-order valence-electron chi connectivity index (χ4n) is 3.29. The first-order valence-corrected chi connectivity index (χ1v) is 9.44. The minimum Gasteiger partial charge on any atom is -0.457 e. The van der Waals surface area contributed by atoms with Gasteiger partial charge in [-0.05, 0) is 48.9 Å². The number of rotatable bonds is 4. The molecule has 0 unspecified atom stereocenters. The van der Waals surface area contributed by atoms with Crippen molar-refractivity contribution >= 4 is 35.1 Å². The second-order valence-corrected chi connectivity index (χ2v) is 7.18. The lowest BCUT2D eigenvalue weighted by Crippen LogP contribution is -2.29. The Balaban J connectivity index is 1.58. The molecule has 150 valence electrons. The fraction of sp³-hybridized carbons (Fsp3) is 0.0870. The van der Waals surface area contributed by atoms with E-state index < -0.39 is 23.6 Å². The summed E-state index contributed by atoms with van der Waals surface area (Å²) in [6.07, 6.45) is 0. The van der Waals surface area contributed by atoms with Crippen molar-refractivity contribution in [3.63, 3.8) is 0 Å². The number of para-hydroxylation sites is 1. The number of amides is 2. The molecule has 0 atom stereocenters. The molecule has 4 rings (SSSR count). The number of halogens is 2. The van der Waals surface area contributed by atoms with E-state index in [2.05, 4.69) is 0 Å². The highest BCUT2D eigenvalue weighted by Crippen LogP contribution is 2.31. The standard InChI is InChI=1S/C23H15ClFNO4/c1-13-5-2-3-8-20(13)26-21(27)15-10-9-14(11-16(15)22(26)28)23(29)30-12-17-18(24)6-4-7-19(17)25/h2-11H,12H2,1H3. The molecule has 0 saturated carbocycles. The number of fused-ring (bicyclic) bond motifs is 1. The van der Waals surface area contributed by atoms with Crippen molar-refractivity contribution < 1.29 is 23.5 Å². The number of carbonyl (C=O) groups excluding carboxylic acids is 3. The van der Waals surface area contributed by atoms with Crippen LogP contribution in [0.4, 0.5) is 10.1 Å². The summed E-state index contributed by atoms with van der Waals surface area (Å²) in [5.74, 6) is -2.32. The maximum Gasteiger partial charge on any atom is 0.338 e. The topological polar surface area (TPSA) is 63.7 Å². The van der Waals surface area contributed by atoms with Crippen LogP contribution < -0.4 is 4.90 Å². The smallest absolute Gasteiger partial charge is 0.338 e. The van der Waals surface area contributed by atoms with E-state index in [-0.39, 0.29) is 33.9 Å². The molecule has 30 heavy (non-hydrogen) atoms. The molecular weight excluding hydrogens is 409 g/mol. The molecule has 5 nitrogen and oxygen atoms in total. The number of nitrogens with zero attached hydrogens (tertiary/aromatic N) is 1. The highest BCUT2D eigenvalue weighted by molar-refractivity contribution is 6.35. The van der Waals surface area contributed by atoms with Crippen LogP contribution in [0.3, 0.4) is 0 Å². The Morgan fingerprint density at radius 2 is 1.73 bits per heavy atom. The lowest BCUT2D eigenvalue weighted by atomic mass is 10.1. The van der Waals surface area contributed by atoms with Gasteiger partial charge in [-0.15, -0.1) is 0 Å². The third-order valence-corrected chi connectivity index (χ3v) is 5.24. The maximum atomic E-state index is 13.9. The molecule has 2 amide bonds. The molecule has 0 aromatic heterocycles. The predicted molar refractivity (Wildman–Crippen MR) is 109 cm³/mol. The van der Waals surface area contributed by atoms with E-state index in [0.29, 0.717) is 5.69 Å². The van der Waals surface area contributed by atoms with Gasteiger partial charge in [0.05, 0.1) is 27.4 Å². The van der Waals surface area contributed by atoms with Gasteiger partial charge in [-0.1, -0.05) is 35.9 Å². The molecule has 0 radical (unpaired) electrons. The zero-order chi connectivity index (χ0) is 21.4. The van der Waals surface area contributed by atoms with E-state index in [1.165, 1.54) is 36.4 Å². The first-order valence-electron chi connectivity index (χ1n) is 9.07. The van der Waals surface area contributed by atoms with E-state index in [9.17, 15) is 18.8 Å². The van der Waals surface area contributed by atoms with Crippen LogP contribution in [0.2, 0.25) is 5.02 Å². The van der Waals surface area contributed by atoms with Crippen LogP contribution in [0.5, 0.6) is 0 Å². The number of esters is 1. The zero-order valence-electron chi connectivity index (χ0n) is 15.8. The van der Waals surface area contributed by atoms with E-state index in [1.807, 2.05) is 6.07 Å². The molecule has 0 bridgehead atoms. The van der Waals surface area contributed by atoms with Gasteiger partial charge in [0.2, 0.25) is 0 Å². The Morgan fingerprint density at radius 3 is 2.47 bits per heavy atom. The Labute approximate surface area is 176 Å².